The van der Waals surface area contributed by atoms with Crippen LogP contribution in [0.4, 0.5) is 4.79 Å². The molecule has 0 bridgehead atoms. The number of carbonyl (C=O) groups is 3. The van der Waals surface area contributed by atoms with Gasteiger partial charge in [0.1, 0.15) is 0 Å². The van der Waals surface area contributed by atoms with Crippen LogP contribution < -0.4 is 5.32 Å². The molecule has 0 spiro atoms. The lowest BCUT2D eigenvalue weighted by molar-refractivity contribution is -0.134. The minimum absolute atomic E-state index is 0.00149. The Kier molecular flexibility index (Phi) is 6.38. The van der Waals surface area contributed by atoms with Gasteiger partial charge in [-0.1, -0.05) is 29.8 Å². The van der Waals surface area contributed by atoms with Gasteiger partial charge in [0.05, 0.1) is 5.69 Å². The van der Waals surface area contributed by atoms with Crippen LogP contribution in [0, 0.1) is 12.8 Å². The van der Waals surface area contributed by atoms with Crippen LogP contribution >= 0.6 is 11.3 Å². The molecule has 2 aliphatic heterocycles. The van der Waals surface area contributed by atoms with Gasteiger partial charge in [-0.15, -0.1) is 11.3 Å². The highest BCUT2D eigenvalue weighted by molar-refractivity contribution is 7.09. The van der Waals surface area contributed by atoms with E-state index in [9.17, 15) is 14.4 Å². The Morgan fingerprint density at radius 1 is 1.11 bits per heavy atom. The second kappa shape index (κ2) is 9.62. The molecule has 8 heteroatoms. The third kappa shape index (κ3) is 4.34. The molecule has 1 aromatic carbocycles. The molecule has 4 heterocycles. The first-order valence-corrected chi connectivity index (χ1v) is 12.8. The third-order valence-corrected chi connectivity index (χ3v) is 7.96. The fourth-order valence-corrected chi connectivity index (χ4v) is 5.90. The number of benzene rings is 1. The number of piperidine rings is 1. The molecule has 7 nitrogen and oxygen atoms in total. The topological polar surface area (TPSA) is 82.6 Å². The van der Waals surface area contributed by atoms with Crippen molar-refractivity contribution in [2.24, 2.45) is 5.92 Å². The van der Waals surface area contributed by atoms with E-state index >= 15 is 0 Å². The van der Waals surface area contributed by atoms with Crippen LogP contribution in [0.5, 0.6) is 0 Å². The highest BCUT2D eigenvalue weighted by Crippen LogP contribution is 2.41. The normalized spacial score (nSPS) is 20.8. The van der Waals surface area contributed by atoms with Gasteiger partial charge in [0.25, 0.3) is 11.8 Å². The van der Waals surface area contributed by atoms with Crippen LogP contribution in [0.15, 0.2) is 66.2 Å². The molecule has 0 unspecified atom stereocenters. The lowest BCUT2D eigenvalue weighted by Gasteiger charge is -2.40. The highest BCUT2D eigenvalue weighted by Gasteiger charge is 2.58. The Morgan fingerprint density at radius 3 is 2.63 bits per heavy atom. The Hall–Kier alpha value is -3.52. The number of urea groups is 1. The highest BCUT2D eigenvalue weighted by atomic mass is 32.1. The van der Waals surface area contributed by atoms with Crippen molar-refractivity contribution in [2.45, 2.75) is 31.7 Å². The predicted octanol–water partition coefficient (Wildman–Crippen LogP) is 3.99. The minimum Gasteiger partial charge on any atom is -0.339 e. The van der Waals surface area contributed by atoms with Gasteiger partial charge in [-0.2, -0.15) is 0 Å². The van der Waals surface area contributed by atoms with E-state index in [-0.39, 0.29) is 23.8 Å². The molecule has 35 heavy (non-hydrogen) atoms. The summed E-state index contributed by atoms with van der Waals surface area (Å²) in [5.74, 6) is -0.415. The summed E-state index contributed by atoms with van der Waals surface area (Å²) >= 11 is 1.62. The second-order valence-electron chi connectivity index (χ2n) is 9.18. The molecule has 1 atom stereocenters. The summed E-state index contributed by atoms with van der Waals surface area (Å²) < 4.78 is 0. The Morgan fingerprint density at radius 2 is 1.94 bits per heavy atom. The Bertz CT molecular complexity index is 1220. The standard InChI is InChI=1S/C27H28N4O3S/c1-19-6-4-7-20(18-19)24(32)30-14-10-21(11-15-30)27(23-9-2-3-13-28-23)25(33)31(26(34)29-27)16-12-22-8-5-17-35-22/h2-9,13,17-18,21H,10-12,14-16H2,1H3,(H,29,34)/t27-/m1/s1. The average molecular weight is 489 g/mol. The van der Waals surface area contributed by atoms with E-state index in [1.165, 1.54) is 4.90 Å². The van der Waals surface area contributed by atoms with Crippen molar-refractivity contribution in [1.82, 2.24) is 20.1 Å². The minimum atomic E-state index is -1.22. The van der Waals surface area contributed by atoms with Crippen LogP contribution in [0.3, 0.4) is 0 Å². The molecule has 3 aromatic rings. The number of nitrogens with zero attached hydrogens (tertiary/aromatic N) is 3. The number of imide groups is 1. The maximum atomic E-state index is 13.9. The number of thiophene rings is 1. The van der Waals surface area contributed by atoms with Gasteiger partial charge < -0.3 is 10.2 Å². The summed E-state index contributed by atoms with van der Waals surface area (Å²) in [4.78, 5) is 48.8. The lowest BCUT2D eigenvalue weighted by atomic mass is 9.75. The molecular weight excluding hydrogens is 460 g/mol. The zero-order chi connectivity index (χ0) is 24.4. The van der Waals surface area contributed by atoms with E-state index < -0.39 is 5.54 Å². The molecule has 2 fully saturated rings. The zero-order valence-electron chi connectivity index (χ0n) is 19.6. The number of hydrogen-bond acceptors (Lipinski definition) is 5. The quantitative estimate of drug-likeness (QED) is 0.532. The van der Waals surface area contributed by atoms with Gasteiger partial charge in [0.15, 0.2) is 5.54 Å². The maximum absolute atomic E-state index is 13.9. The van der Waals surface area contributed by atoms with Crippen molar-refractivity contribution in [1.29, 1.82) is 0 Å². The van der Waals surface area contributed by atoms with E-state index in [1.54, 1.807) is 23.6 Å². The van der Waals surface area contributed by atoms with E-state index in [0.717, 1.165) is 10.4 Å². The van der Waals surface area contributed by atoms with Crippen molar-refractivity contribution < 1.29 is 14.4 Å². The van der Waals surface area contributed by atoms with Crippen LogP contribution in [-0.4, -0.2) is 52.3 Å². The van der Waals surface area contributed by atoms with E-state index in [1.807, 2.05) is 65.7 Å². The van der Waals surface area contributed by atoms with Crippen LogP contribution in [0.1, 0.15) is 39.3 Å². The lowest BCUT2D eigenvalue weighted by Crippen LogP contribution is -2.54. The molecule has 5 rings (SSSR count). The number of amides is 4. The summed E-state index contributed by atoms with van der Waals surface area (Å²) in [6.45, 7) is 3.33. The number of aromatic nitrogens is 1. The summed E-state index contributed by atoms with van der Waals surface area (Å²) in [6, 6.07) is 16.7. The van der Waals surface area contributed by atoms with Gasteiger partial charge in [-0.05, 0) is 61.9 Å². The first kappa shape index (κ1) is 23.2. The first-order chi connectivity index (χ1) is 17.0. The SMILES string of the molecule is Cc1cccc(C(=O)N2CCC([C@]3(c4ccccn4)NC(=O)N(CCc4cccs4)C3=O)CC2)c1. The Balaban J connectivity index is 1.37. The van der Waals surface area contributed by atoms with Crippen LogP contribution in [0.25, 0.3) is 0 Å². The predicted molar refractivity (Wildman–Crippen MR) is 134 cm³/mol. The average Bonchev–Trinajstić information content (AvgIpc) is 3.49. The third-order valence-electron chi connectivity index (χ3n) is 7.02. The number of nitrogens with one attached hydrogen (secondary N) is 1. The molecular formula is C27H28N4O3S. The van der Waals surface area contributed by atoms with E-state index in [4.69, 9.17) is 0 Å². The number of pyridine rings is 1. The summed E-state index contributed by atoms with van der Waals surface area (Å²) in [6.07, 6.45) is 3.47. The molecule has 4 amide bonds. The molecule has 0 aliphatic carbocycles. The van der Waals surface area contributed by atoms with Gasteiger partial charge in [0.2, 0.25) is 0 Å². The molecule has 2 saturated heterocycles. The monoisotopic (exact) mass is 488 g/mol. The number of aryl methyl sites for hydroxylation is 1. The number of likely N-dealkylation sites (tertiary alicyclic amines) is 1. The summed E-state index contributed by atoms with van der Waals surface area (Å²) in [7, 11) is 0. The van der Waals surface area contributed by atoms with Crippen molar-refractivity contribution in [2.75, 3.05) is 19.6 Å². The fraction of sp³-hybridized carbons (Fsp3) is 0.333. The molecule has 180 valence electrons. The van der Waals surface area contributed by atoms with Crippen LogP contribution in [-0.2, 0) is 16.8 Å². The van der Waals surface area contributed by atoms with Crippen LogP contribution in [0.2, 0.25) is 0 Å². The molecule has 2 aliphatic rings. The van der Waals surface area contributed by atoms with Crippen molar-refractivity contribution in [3.63, 3.8) is 0 Å². The molecule has 2 aromatic heterocycles. The number of rotatable bonds is 6. The molecule has 0 saturated carbocycles. The smallest absolute Gasteiger partial charge is 0.325 e. The number of carbonyl (C=O) groups excluding carboxylic acids is 3. The molecule has 1 N–H and O–H groups in total. The van der Waals surface area contributed by atoms with Gasteiger partial charge in [-0.3, -0.25) is 19.5 Å². The largest absolute Gasteiger partial charge is 0.339 e. The van der Waals surface area contributed by atoms with E-state index in [2.05, 4.69) is 10.3 Å². The zero-order valence-corrected chi connectivity index (χ0v) is 20.5. The van der Waals surface area contributed by atoms with Crippen molar-refractivity contribution in [3.05, 3.63) is 87.9 Å². The van der Waals surface area contributed by atoms with Gasteiger partial charge in [0, 0.05) is 42.2 Å². The number of hydrogen-bond donors (Lipinski definition) is 1. The summed E-state index contributed by atoms with van der Waals surface area (Å²) in [5, 5.41) is 5.03. The van der Waals surface area contributed by atoms with Gasteiger partial charge in [-0.25, -0.2) is 4.79 Å². The second-order valence-corrected chi connectivity index (χ2v) is 10.2. The fourth-order valence-electron chi connectivity index (χ4n) is 5.21. The van der Waals surface area contributed by atoms with E-state index in [0.29, 0.717) is 50.2 Å². The van der Waals surface area contributed by atoms with Crippen molar-refractivity contribution in [3.8, 4) is 0 Å². The maximum Gasteiger partial charge on any atom is 0.325 e. The Labute approximate surface area is 208 Å². The summed E-state index contributed by atoms with van der Waals surface area (Å²) in [5.41, 5.74) is 1.06. The molecule has 0 radical (unpaired) electrons. The van der Waals surface area contributed by atoms with Crippen molar-refractivity contribution >= 4 is 29.2 Å². The van der Waals surface area contributed by atoms with Gasteiger partial charge >= 0.3 is 6.03 Å². The first-order valence-electron chi connectivity index (χ1n) is 11.9.